The summed E-state index contributed by atoms with van der Waals surface area (Å²) in [5, 5.41) is 18.9. The predicted molar refractivity (Wildman–Crippen MR) is 82.7 cm³/mol. The number of carbonyl (C=O) groups is 1. The van der Waals surface area contributed by atoms with E-state index in [0.29, 0.717) is 17.6 Å². The zero-order valence-electron chi connectivity index (χ0n) is 12.7. The average molecular weight is 322 g/mol. The van der Waals surface area contributed by atoms with Crippen LogP contribution in [0.2, 0.25) is 0 Å². The van der Waals surface area contributed by atoms with E-state index in [2.05, 4.69) is 32.3 Å². The molecule has 9 heteroatoms. The lowest BCUT2D eigenvalue weighted by atomic mass is 10.2. The second-order valence-corrected chi connectivity index (χ2v) is 5.81. The zero-order chi connectivity index (χ0) is 16.1. The molecule has 2 aromatic rings. The Bertz CT molecular complexity index is 663. The Kier molecular flexibility index (Phi) is 5.31. The van der Waals surface area contributed by atoms with Gasteiger partial charge in [0.1, 0.15) is 5.82 Å². The van der Waals surface area contributed by atoms with E-state index >= 15 is 0 Å². The number of nitrogens with one attached hydrogen (secondary N) is 1. The van der Waals surface area contributed by atoms with Crippen molar-refractivity contribution in [3.63, 3.8) is 0 Å². The molecule has 0 saturated carbocycles. The van der Waals surface area contributed by atoms with Crippen molar-refractivity contribution in [1.82, 2.24) is 25.0 Å². The van der Waals surface area contributed by atoms with Crippen LogP contribution >= 0.6 is 11.8 Å². The Morgan fingerprint density at radius 1 is 1.41 bits per heavy atom. The fourth-order valence-electron chi connectivity index (χ4n) is 1.61. The second kappa shape index (κ2) is 7.21. The highest BCUT2D eigenvalue weighted by Gasteiger charge is 2.14. The molecule has 2 heterocycles. The quantitative estimate of drug-likeness (QED) is 0.615. The molecule has 22 heavy (non-hydrogen) atoms. The van der Waals surface area contributed by atoms with Crippen molar-refractivity contribution in [1.29, 1.82) is 0 Å². The molecule has 2 aromatic heterocycles. The van der Waals surface area contributed by atoms with Gasteiger partial charge in [-0.2, -0.15) is 0 Å². The van der Waals surface area contributed by atoms with Crippen LogP contribution in [-0.4, -0.2) is 36.6 Å². The van der Waals surface area contributed by atoms with E-state index in [1.807, 2.05) is 25.3 Å². The predicted octanol–water partition coefficient (Wildman–Crippen LogP) is 2.01. The highest BCUT2D eigenvalue weighted by molar-refractivity contribution is 7.99. The van der Waals surface area contributed by atoms with Crippen molar-refractivity contribution in [2.75, 3.05) is 11.1 Å². The summed E-state index contributed by atoms with van der Waals surface area (Å²) in [6.45, 7) is 10.0. The Morgan fingerprint density at radius 3 is 2.82 bits per heavy atom. The first kappa shape index (κ1) is 16.2. The van der Waals surface area contributed by atoms with Crippen LogP contribution in [0.25, 0.3) is 0 Å². The summed E-state index contributed by atoms with van der Waals surface area (Å²) >= 11 is 1.29. The molecular weight excluding hydrogens is 304 g/mol. The van der Waals surface area contributed by atoms with Gasteiger partial charge in [0.2, 0.25) is 11.8 Å². The minimum atomic E-state index is -0.241. The summed E-state index contributed by atoms with van der Waals surface area (Å²) in [7, 11) is 0. The fraction of sp³-hybridized carbons (Fsp3) is 0.462. The van der Waals surface area contributed by atoms with Gasteiger partial charge < -0.3 is 8.98 Å². The van der Waals surface area contributed by atoms with Gasteiger partial charge in [-0.05, 0) is 6.92 Å². The molecule has 118 valence electrons. The molecular formula is C13H18N6O2S. The maximum atomic E-state index is 11.9. The van der Waals surface area contributed by atoms with Crippen LogP contribution in [0.3, 0.4) is 0 Å². The first-order valence-corrected chi connectivity index (χ1v) is 7.76. The number of aryl methyl sites for hydroxylation is 1. The molecule has 2 rings (SSSR count). The number of anilines is 1. The Hall–Kier alpha value is -2.16. The molecule has 0 saturated heterocycles. The number of hydrogen-bond acceptors (Lipinski definition) is 7. The van der Waals surface area contributed by atoms with Crippen LogP contribution in [-0.2, 0) is 11.3 Å². The molecule has 0 fully saturated rings. The highest BCUT2D eigenvalue weighted by atomic mass is 32.2. The average Bonchev–Trinajstić information content (AvgIpc) is 3.06. The van der Waals surface area contributed by atoms with Crippen molar-refractivity contribution in [3.8, 4) is 0 Å². The Morgan fingerprint density at radius 2 is 2.18 bits per heavy atom. The number of nitrogens with zero attached hydrogens (tertiary/aromatic N) is 5. The summed E-state index contributed by atoms with van der Waals surface area (Å²) < 4.78 is 7.21. The summed E-state index contributed by atoms with van der Waals surface area (Å²) in [5.41, 5.74) is 0. The molecule has 8 nitrogen and oxygen atoms in total. The molecule has 0 aliphatic carbocycles. The molecule has 0 aliphatic rings. The molecule has 0 radical (unpaired) electrons. The van der Waals surface area contributed by atoms with E-state index in [4.69, 9.17) is 4.42 Å². The lowest BCUT2D eigenvalue weighted by Gasteiger charge is -2.04. The van der Waals surface area contributed by atoms with Gasteiger partial charge in [-0.1, -0.05) is 36.8 Å². The van der Waals surface area contributed by atoms with Gasteiger partial charge >= 0.3 is 6.01 Å². The Labute approximate surface area is 132 Å². The van der Waals surface area contributed by atoms with Crippen LogP contribution in [0.5, 0.6) is 0 Å². The van der Waals surface area contributed by atoms with Crippen molar-refractivity contribution >= 4 is 23.7 Å². The third kappa shape index (κ3) is 3.94. The van der Waals surface area contributed by atoms with Crippen LogP contribution < -0.4 is 5.32 Å². The van der Waals surface area contributed by atoms with Gasteiger partial charge in [-0.3, -0.25) is 10.1 Å². The van der Waals surface area contributed by atoms with E-state index < -0.39 is 0 Å². The lowest BCUT2D eigenvalue weighted by Crippen LogP contribution is -2.15. The Balaban J connectivity index is 1.91. The van der Waals surface area contributed by atoms with Crippen molar-refractivity contribution in [2.45, 2.75) is 38.4 Å². The number of carbonyl (C=O) groups excluding carboxylic acids is 1. The van der Waals surface area contributed by atoms with Crippen molar-refractivity contribution in [2.24, 2.45) is 0 Å². The maximum absolute atomic E-state index is 11.9. The number of thioether (sulfide) groups is 1. The first-order chi connectivity index (χ1) is 10.5. The number of aromatic nitrogens is 5. The molecule has 1 amide bonds. The summed E-state index contributed by atoms with van der Waals surface area (Å²) in [6.07, 6.45) is 1.76. The number of allylic oxidation sites excluding steroid dienone is 1. The molecule has 0 spiro atoms. The van der Waals surface area contributed by atoms with Gasteiger partial charge in [-0.15, -0.1) is 21.9 Å². The van der Waals surface area contributed by atoms with E-state index in [0.717, 1.165) is 5.82 Å². The van der Waals surface area contributed by atoms with E-state index in [1.54, 1.807) is 6.08 Å². The normalized spacial score (nSPS) is 10.9. The SMILES string of the molecule is C=CCn1c(C)nnc1SCC(=O)Nc1nnc(C(C)C)o1. The van der Waals surface area contributed by atoms with Gasteiger partial charge in [0.25, 0.3) is 0 Å². The number of amides is 1. The monoisotopic (exact) mass is 322 g/mol. The van der Waals surface area contributed by atoms with Gasteiger partial charge in [0, 0.05) is 12.5 Å². The van der Waals surface area contributed by atoms with Gasteiger partial charge in [0.15, 0.2) is 5.16 Å². The lowest BCUT2D eigenvalue weighted by molar-refractivity contribution is -0.113. The molecule has 0 unspecified atom stereocenters. The van der Waals surface area contributed by atoms with Crippen LogP contribution in [0.15, 0.2) is 22.2 Å². The summed E-state index contributed by atoms with van der Waals surface area (Å²) in [5.74, 6) is 1.32. The van der Waals surface area contributed by atoms with Crippen LogP contribution in [0.4, 0.5) is 6.01 Å². The summed E-state index contributed by atoms with van der Waals surface area (Å²) in [6, 6.07) is 0.109. The van der Waals surface area contributed by atoms with Gasteiger partial charge in [-0.25, -0.2) is 0 Å². The third-order valence-corrected chi connectivity index (χ3v) is 3.69. The smallest absolute Gasteiger partial charge is 0.322 e. The van der Waals surface area contributed by atoms with Crippen LogP contribution in [0.1, 0.15) is 31.5 Å². The van der Waals surface area contributed by atoms with E-state index in [-0.39, 0.29) is 23.6 Å². The van der Waals surface area contributed by atoms with Crippen molar-refractivity contribution < 1.29 is 9.21 Å². The molecule has 0 aliphatic heterocycles. The maximum Gasteiger partial charge on any atom is 0.322 e. The fourth-order valence-corrected chi connectivity index (χ4v) is 2.40. The van der Waals surface area contributed by atoms with Crippen molar-refractivity contribution in [3.05, 3.63) is 24.4 Å². The second-order valence-electron chi connectivity index (χ2n) is 4.87. The number of hydrogen-bond donors (Lipinski definition) is 1. The van der Waals surface area contributed by atoms with E-state index in [1.165, 1.54) is 11.8 Å². The third-order valence-electron chi connectivity index (χ3n) is 2.73. The summed E-state index contributed by atoms with van der Waals surface area (Å²) in [4.78, 5) is 11.9. The molecule has 0 bridgehead atoms. The van der Waals surface area contributed by atoms with Gasteiger partial charge in [0.05, 0.1) is 5.75 Å². The zero-order valence-corrected chi connectivity index (χ0v) is 13.6. The van der Waals surface area contributed by atoms with E-state index in [9.17, 15) is 4.79 Å². The van der Waals surface area contributed by atoms with Crippen LogP contribution in [0, 0.1) is 6.92 Å². The number of rotatable bonds is 7. The molecule has 1 N–H and O–H groups in total. The largest absolute Gasteiger partial charge is 0.408 e. The first-order valence-electron chi connectivity index (χ1n) is 6.78. The topological polar surface area (TPSA) is 98.7 Å². The molecule has 0 aromatic carbocycles. The standard InChI is InChI=1S/C13H18N6O2S/c1-5-6-19-9(4)15-18-13(19)22-7-10(20)14-12-17-16-11(21-12)8(2)3/h5,8H,1,6-7H2,2-4H3,(H,14,17,20). The molecule has 0 atom stereocenters. The minimum Gasteiger partial charge on any atom is -0.408 e. The minimum absolute atomic E-state index is 0.109. The highest BCUT2D eigenvalue weighted by Crippen LogP contribution is 2.18.